The second-order valence-corrected chi connectivity index (χ2v) is 1.85. The zero-order valence-corrected chi connectivity index (χ0v) is 5.39. The van der Waals surface area contributed by atoms with E-state index in [0.29, 0.717) is 12.8 Å². The molecule has 9 heavy (non-hydrogen) atoms. The number of carbonyl (C=O) groups excluding carboxylic acids is 2. The maximum Gasteiger partial charge on any atom is 0.229 e. The summed E-state index contributed by atoms with van der Waals surface area (Å²) in [7, 11) is 1.51. The van der Waals surface area contributed by atoms with Crippen LogP contribution in [0.5, 0.6) is 0 Å². The Kier molecular flexibility index (Phi) is 2.33. The summed E-state index contributed by atoms with van der Waals surface area (Å²) in [5, 5.41) is 0. The molecule has 1 aliphatic heterocycles. The molecule has 0 aromatic heterocycles. The lowest BCUT2D eigenvalue weighted by Gasteiger charge is -2.01. The summed E-state index contributed by atoms with van der Waals surface area (Å²) in [6.07, 6.45) is 0.796. The average molecular weight is 130 g/mol. The third-order valence-electron chi connectivity index (χ3n) is 1.30. The molecule has 0 saturated carbocycles. The molecule has 3 N–H and O–H groups in total. The highest BCUT2D eigenvalue weighted by atomic mass is 16.2. The van der Waals surface area contributed by atoms with E-state index >= 15 is 0 Å². The number of amides is 2. The summed E-state index contributed by atoms with van der Waals surface area (Å²) >= 11 is 0. The third-order valence-corrected chi connectivity index (χ3v) is 1.30. The van der Waals surface area contributed by atoms with Crippen molar-refractivity contribution in [2.45, 2.75) is 12.8 Å². The van der Waals surface area contributed by atoms with Gasteiger partial charge in [0.2, 0.25) is 11.8 Å². The van der Waals surface area contributed by atoms with Crippen LogP contribution in [0.2, 0.25) is 0 Å². The van der Waals surface area contributed by atoms with E-state index in [0.717, 1.165) is 0 Å². The van der Waals surface area contributed by atoms with Gasteiger partial charge in [-0.3, -0.25) is 14.5 Å². The van der Waals surface area contributed by atoms with E-state index in [1.54, 1.807) is 0 Å². The molecule has 1 aliphatic rings. The molecule has 52 valence electrons. The average Bonchev–Trinajstić information content (AvgIpc) is 1.98. The number of carbonyl (C=O) groups is 2. The predicted octanol–water partition coefficient (Wildman–Crippen LogP) is -0.0728. The van der Waals surface area contributed by atoms with E-state index in [1.165, 1.54) is 11.9 Å². The summed E-state index contributed by atoms with van der Waals surface area (Å²) in [4.78, 5) is 22.1. The van der Waals surface area contributed by atoms with Crippen molar-refractivity contribution in [3.8, 4) is 0 Å². The van der Waals surface area contributed by atoms with E-state index in [1.807, 2.05) is 0 Å². The second kappa shape index (κ2) is 2.59. The van der Waals surface area contributed by atoms with E-state index in [9.17, 15) is 9.59 Å². The van der Waals surface area contributed by atoms with Crippen molar-refractivity contribution < 1.29 is 9.59 Å². The number of hydrogen-bond acceptors (Lipinski definition) is 3. The Morgan fingerprint density at radius 1 is 1.22 bits per heavy atom. The Hall–Kier alpha value is -0.900. The van der Waals surface area contributed by atoms with Crippen LogP contribution in [0.15, 0.2) is 0 Å². The van der Waals surface area contributed by atoms with Gasteiger partial charge in [-0.05, 0) is 0 Å². The summed E-state index contributed by atoms with van der Waals surface area (Å²) in [6, 6.07) is 0. The molecular formula is C5H10N2O2. The van der Waals surface area contributed by atoms with Gasteiger partial charge in [-0.1, -0.05) is 0 Å². The smallest absolute Gasteiger partial charge is 0.229 e. The first-order chi connectivity index (χ1) is 3.72. The van der Waals surface area contributed by atoms with E-state index in [2.05, 4.69) is 0 Å². The minimum atomic E-state index is -0.0602. The molecule has 0 bridgehead atoms. The number of likely N-dealkylation sites (tertiary alicyclic amines) is 1. The summed E-state index contributed by atoms with van der Waals surface area (Å²) in [5.74, 6) is -0.120. The normalized spacial score (nSPS) is 18.1. The van der Waals surface area contributed by atoms with Crippen LogP contribution in [-0.4, -0.2) is 23.8 Å². The fourth-order valence-electron chi connectivity index (χ4n) is 0.688. The zero-order chi connectivity index (χ0) is 6.15. The monoisotopic (exact) mass is 130 g/mol. The topological polar surface area (TPSA) is 72.4 Å². The molecule has 2 amide bonds. The summed E-state index contributed by atoms with van der Waals surface area (Å²) < 4.78 is 0. The lowest BCUT2D eigenvalue weighted by atomic mass is 10.4. The molecule has 4 nitrogen and oxygen atoms in total. The molecular weight excluding hydrogens is 120 g/mol. The quantitative estimate of drug-likeness (QED) is 0.466. The van der Waals surface area contributed by atoms with E-state index in [-0.39, 0.29) is 18.0 Å². The first-order valence-corrected chi connectivity index (χ1v) is 2.51. The predicted molar refractivity (Wildman–Crippen MR) is 32.0 cm³/mol. The van der Waals surface area contributed by atoms with Crippen molar-refractivity contribution in [1.82, 2.24) is 11.1 Å². The molecule has 0 radical (unpaired) electrons. The Morgan fingerprint density at radius 3 is 1.67 bits per heavy atom. The lowest BCUT2D eigenvalue weighted by molar-refractivity contribution is -0.136. The lowest BCUT2D eigenvalue weighted by Crippen LogP contribution is -2.23. The standard InChI is InChI=1S/C5H7NO2.H3N/c1-6-4(7)2-3-5(6)8;/h2-3H2,1H3;1H3. The second-order valence-electron chi connectivity index (χ2n) is 1.85. The molecule has 1 rings (SSSR count). The van der Waals surface area contributed by atoms with Gasteiger partial charge in [-0.15, -0.1) is 0 Å². The molecule has 1 saturated heterocycles. The van der Waals surface area contributed by atoms with Crippen LogP contribution in [0.1, 0.15) is 12.8 Å². The summed E-state index contributed by atoms with van der Waals surface area (Å²) in [5.41, 5.74) is 0. The number of hydrogen-bond donors (Lipinski definition) is 1. The fourth-order valence-corrected chi connectivity index (χ4v) is 0.688. The first kappa shape index (κ1) is 8.10. The molecule has 0 aromatic carbocycles. The highest BCUT2D eigenvalue weighted by Gasteiger charge is 2.24. The molecule has 1 fully saturated rings. The van der Waals surface area contributed by atoms with Crippen molar-refractivity contribution in [3.05, 3.63) is 0 Å². The number of nitrogens with zero attached hydrogens (tertiary/aromatic N) is 1. The third kappa shape index (κ3) is 1.26. The van der Waals surface area contributed by atoms with Crippen LogP contribution in [0.3, 0.4) is 0 Å². The maximum absolute atomic E-state index is 10.5. The Bertz CT molecular complexity index is 128. The van der Waals surface area contributed by atoms with E-state index in [4.69, 9.17) is 0 Å². The largest absolute Gasteiger partial charge is 0.344 e. The maximum atomic E-state index is 10.5. The van der Waals surface area contributed by atoms with Gasteiger partial charge in [0.05, 0.1) is 0 Å². The minimum Gasteiger partial charge on any atom is -0.344 e. The Labute approximate surface area is 53.4 Å². The van der Waals surface area contributed by atoms with Crippen molar-refractivity contribution in [3.63, 3.8) is 0 Å². The van der Waals surface area contributed by atoms with Gasteiger partial charge >= 0.3 is 0 Å². The molecule has 0 aliphatic carbocycles. The zero-order valence-electron chi connectivity index (χ0n) is 5.39. The molecule has 0 atom stereocenters. The fraction of sp³-hybridized carbons (Fsp3) is 0.600. The highest BCUT2D eigenvalue weighted by Crippen LogP contribution is 2.07. The van der Waals surface area contributed by atoms with Gasteiger partial charge in [0.15, 0.2) is 0 Å². The molecule has 0 spiro atoms. The Balaban J connectivity index is 0.000000640. The SMILES string of the molecule is CN1C(=O)CCC1=O.N. The van der Waals surface area contributed by atoms with Crippen LogP contribution in [0, 0.1) is 0 Å². The van der Waals surface area contributed by atoms with E-state index < -0.39 is 0 Å². The molecule has 0 aromatic rings. The van der Waals surface area contributed by atoms with Gasteiger partial charge in [-0.25, -0.2) is 0 Å². The highest BCUT2D eigenvalue weighted by molar-refractivity contribution is 6.01. The van der Waals surface area contributed by atoms with Gasteiger partial charge in [0.25, 0.3) is 0 Å². The van der Waals surface area contributed by atoms with Crippen LogP contribution in [0.4, 0.5) is 0 Å². The van der Waals surface area contributed by atoms with Crippen molar-refractivity contribution in [2.24, 2.45) is 0 Å². The van der Waals surface area contributed by atoms with Crippen molar-refractivity contribution in [1.29, 1.82) is 0 Å². The molecule has 4 heteroatoms. The van der Waals surface area contributed by atoms with Gasteiger partial charge in [-0.2, -0.15) is 0 Å². The van der Waals surface area contributed by atoms with Gasteiger partial charge in [0.1, 0.15) is 0 Å². The molecule has 1 heterocycles. The minimum absolute atomic E-state index is 0. The van der Waals surface area contributed by atoms with Crippen LogP contribution in [-0.2, 0) is 9.59 Å². The van der Waals surface area contributed by atoms with Crippen LogP contribution >= 0.6 is 0 Å². The van der Waals surface area contributed by atoms with Crippen molar-refractivity contribution >= 4 is 11.8 Å². The number of imide groups is 1. The molecule has 0 unspecified atom stereocenters. The first-order valence-electron chi connectivity index (χ1n) is 2.51. The van der Waals surface area contributed by atoms with Crippen LogP contribution < -0.4 is 6.15 Å². The van der Waals surface area contributed by atoms with Crippen molar-refractivity contribution in [2.75, 3.05) is 7.05 Å². The summed E-state index contributed by atoms with van der Waals surface area (Å²) in [6.45, 7) is 0. The van der Waals surface area contributed by atoms with Gasteiger partial charge < -0.3 is 6.15 Å². The number of rotatable bonds is 0. The van der Waals surface area contributed by atoms with Crippen LogP contribution in [0.25, 0.3) is 0 Å². The van der Waals surface area contributed by atoms with Gasteiger partial charge in [0, 0.05) is 19.9 Å². The Morgan fingerprint density at radius 2 is 1.56 bits per heavy atom.